The van der Waals surface area contributed by atoms with Gasteiger partial charge in [0.2, 0.25) is 0 Å². The fraction of sp³-hybridized carbons (Fsp3) is 0.250. The molecule has 1 heterocycles. The van der Waals surface area contributed by atoms with Crippen LogP contribution in [0.1, 0.15) is 18.0 Å². The van der Waals surface area contributed by atoms with Gasteiger partial charge in [-0.3, -0.25) is 4.57 Å². The first-order chi connectivity index (χ1) is 8.68. The van der Waals surface area contributed by atoms with E-state index in [2.05, 4.69) is 10.2 Å². The average molecular weight is 247 g/mol. The highest BCUT2D eigenvalue weighted by molar-refractivity contribution is 5.71. The average Bonchev–Trinajstić information content (AvgIpc) is 2.77. The summed E-state index contributed by atoms with van der Waals surface area (Å²) in [5, 5.41) is 14.9. The zero-order valence-electron chi connectivity index (χ0n) is 9.61. The lowest BCUT2D eigenvalue weighted by Crippen LogP contribution is -2.28. The van der Waals surface area contributed by atoms with Gasteiger partial charge in [-0.15, -0.1) is 0 Å². The second kappa shape index (κ2) is 5.31. The van der Waals surface area contributed by atoms with Crippen LogP contribution >= 0.6 is 0 Å². The molecule has 0 saturated heterocycles. The molecule has 1 aromatic heterocycles. The molecule has 0 fully saturated rings. The van der Waals surface area contributed by atoms with E-state index in [1.54, 1.807) is 0 Å². The van der Waals surface area contributed by atoms with E-state index in [9.17, 15) is 9.59 Å². The van der Waals surface area contributed by atoms with Crippen LogP contribution in [-0.2, 0) is 11.2 Å². The number of hydrogen-bond donors (Lipinski definition) is 2. The quantitative estimate of drug-likeness (QED) is 0.819. The topological polar surface area (TPSA) is 88.0 Å². The van der Waals surface area contributed by atoms with E-state index in [0.29, 0.717) is 12.8 Å². The Bertz CT molecular complexity index is 574. The Morgan fingerprint density at radius 3 is 2.67 bits per heavy atom. The van der Waals surface area contributed by atoms with E-state index in [4.69, 9.17) is 5.11 Å². The minimum absolute atomic E-state index is 0.346. The Kier molecular flexibility index (Phi) is 3.57. The van der Waals surface area contributed by atoms with Crippen molar-refractivity contribution >= 4 is 5.97 Å². The fourth-order valence-corrected chi connectivity index (χ4v) is 1.81. The van der Waals surface area contributed by atoms with Gasteiger partial charge < -0.3 is 5.11 Å². The van der Waals surface area contributed by atoms with Gasteiger partial charge in [0.05, 0.1) is 0 Å². The molecule has 2 aromatic rings. The maximum absolute atomic E-state index is 11.4. The molecule has 1 unspecified atom stereocenters. The van der Waals surface area contributed by atoms with Crippen LogP contribution in [0.25, 0.3) is 0 Å². The molecule has 0 aliphatic rings. The summed E-state index contributed by atoms with van der Waals surface area (Å²) in [6.45, 7) is 0. The van der Waals surface area contributed by atoms with Crippen LogP contribution in [-0.4, -0.2) is 25.8 Å². The van der Waals surface area contributed by atoms with Crippen LogP contribution < -0.4 is 5.69 Å². The molecule has 0 amide bonds. The van der Waals surface area contributed by atoms with Crippen molar-refractivity contribution in [3.63, 3.8) is 0 Å². The number of carboxylic acid groups (broad SMARTS) is 1. The summed E-state index contributed by atoms with van der Waals surface area (Å²) in [6, 6.07) is 8.66. The van der Waals surface area contributed by atoms with E-state index in [-0.39, 0.29) is 0 Å². The van der Waals surface area contributed by atoms with Crippen molar-refractivity contribution in [1.82, 2.24) is 14.8 Å². The number of nitrogens with zero attached hydrogens (tertiary/aromatic N) is 2. The van der Waals surface area contributed by atoms with Crippen LogP contribution in [0.15, 0.2) is 41.5 Å². The van der Waals surface area contributed by atoms with E-state index in [1.807, 2.05) is 30.3 Å². The summed E-state index contributed by atoms with van der Waals surface area (Å²) in [6.07, 6.45) is 2.15. The number of carbonyl (C=O) groups is 1. The number of benzene rings is 1. The molecule has 0 bridgehead atoms. The summed E-state index contributed by atoms with van der Waals surface area (Å²) < 4.78 is 1.10. The number of aromatic nitrogens is 3. The Labute approximate surface area is 103 Å². The van der Waals surface area contributed by atoms with Gasteiger partial charge in [0.15, 0.2) is 0 Å². The molecule has 6 heteroatoms. The molecule has 18 heavy (non-hydrogen) atoms. The molecular weight excluding hydrogens is 234 g/mol. The first kappa shape index (κ1) is 12.1. The van der Waals surface area contributed by atoms with Crippen molar-refractivity contribution in [3.05, 3.63) is 52.7 Å². The summed E-state index contributed by atoms with van der Waals surface area (Å²) in [4.78, 5) is 22.5. The van der Waals surface area contributed by atoms with Crippen molar-refractivity contribution in [2.45, 2.75) is 18.9 Å². The summed E-state index contributed by atoms with van der Waals surface area (Å²) >= 11 is 0. The number of hydrogen-bond acceptors (Lipinski definition) is 3. The Morgan fingerprint density at radius 2 is 2.11 bits per heavy atom. The highest BCUT2D eigenvalue weighted by Gasteiger charge is 2.21. The highest BCUT2D eigenvalue weighted by Crippen LogP contribution is 2.13. The van der Waals surface area contributed by atoms with E-state index < -0.39 is 17.7 Å². The van der Waals surface area contributed by atoms with Gasteiger partial charge in [-0.1, -0.05) is 30.3 Å². The van der Waals surface area contributed by atoms with Gasteiger partial charge in [-0.2, -0.15) is 5.10 Å². The third-order valence-electron chi connectivity index (χ3n) is 2.75. The molecule has 1 atom stereocenters. The number of aliphatic carboxylic acids is 1. The number of carboxylic acids is 1. The molecule has 0 saturated carbocycles. The van der Waals surface area contributed by atoms with Gasteiger partial charge in [0.1, 0.15) is 12.4 Å². The lowest BCUT2D eigenvalue weighted by atomic mass is 10.1. The zero-order chi connectivity index (χ0) is 13.0. The van der Waals surface area contributed by atoms with Gasteiger partial charge in [-0.05, 0) is 18.4 Å². The summed E-state index contributed by atoms with van der Waals surface area (Å²) in [5.41, 5.74) is 0.538. The van der Waals surface area contributed by atoms with Crippen LogP contribution in [0.3, 0.4) is 0 Å². The van der Waals surface area contributed by atoms with Crippen LogP contribution in [0.4, 0.5) is 0 Å². The molecule has 2 rings (SSSR count). The largest absolute Gasteiger partial charge is 0.480 e. The van der Waals surface area contributed by atoms with E-state index in [1.165, 1.54) is 6.33 Å². The Morgan fingerprint density at radius 1 is 1.39 bits per heavy atom. The highest BCUT2D eigenvalue weighted by atomic mass is 16.4. The molecule has 1 aromatic carbocycles. The van der Waals surface area contributed by atoms with Crippen molar-refractivity contribution in [3.8, 4) is 0 Å². The van der Waals surface area contributed by atoms with E-state index in [0.717, 1.165) is 10.1 Å². The van der Waals surface area contributed by atoms with Crippen LogP contribution in [0.5, 0.6) is 0 Å². The normalized spacial score (nSPS) is 12.2. The van der Waals surface area contributed by atoms with Gasteiger partial charge in [0, 0.05) is 0 Å². The maximum Gasteiger partial charge on any atom is 0.343 e. The van der Waals surface area contributed by atoms with Crippen molar-refractivity contribution in [1.29, 1.82) is 0 Å². The number of aryl methyl sites for hydroxylation is 1. The Hall–Kier alpha value is -2.37. The molecule has 6 nitrogen and oxygen atoms in total. The number of H-pyrrole nitrogens is 1. The standard InChI is InChI=1S/C12H13N3O3/c16-11(17)10(15-8-13-14-12(15)18)7-6-9-4-2-1-3-5-9/h1-5,8,10H,6-7H2,(H,14,18)(H,16,17). The second-order valence-corrected chi connectivity index (χ2v) is 3.95. The first-order valence-corrected chi connectivity index (χ1v) is 5.56. The van der Waals surface area contributed by atoms with Crippen molar-refractivity contribution in [2.75, 3.05) is 0 Å². The third-order valence-corrected chi connectivity index (χ3v) is 2.75. The number of nitrogens with one attached hydrogen (secondary N) is 1. The Balaban J connectivity index is 2.11. The van der Waals surface area contributed by atoms with Crippen molar-refractivity contribution < 1.29 is 9.90 Å². The maximum atomic E-state index is 11.4. The van der Waals surface area contributed by atoms with Crippen molar-refractivity contribution in [2.24, 2.45) is 0 Å². The second-order valence-electron chi connectivity index (χ2n) is 3.95. The minimum atomic E-state index is -1.03. The molecule has 0 aliphatic heterocycles. The number of rotatable bonds is 5. The summed E-state index contributed by atoms with van der Waals surface area (Å²) in [7, 11) is 0. The van der Waals surface area contributed by atoms with E-state index >= 15 is 0 Å². The third kappa shape index (κ3) is 2.65. The molecule has 0 aliphatic carbocycles. The fourth-order valence-electron chi connectivity index (χ4n) is 1.81. The first-order valence-electron chi connectivity index (χ1n) is 5.56. The van der Waals surface area contributed by atoms with Crippen LogP contribution in [0, 0.1) is 0 Å². The van der Waals surface area contributed by atoms with Gasteiger partial charge in [0.25, 0.3) is 0 Å². The minimum Gasteiger partial charge on any atom is -0.480 e. The molecular formula is C12H13N3O3. The number of aromatic amines is 1. The van der Waals surface area contributed by atoms with Gasteiger partial charge in [-0.25, -0.2) is 14.7 Å². The monoisotopic (exact) mass is 247 g/mol. The molecule has 94 valence electrons. The molecule has 2 N–H and O–H groups in total. The SMILES string of the molecule is O=C(O)C(CCc1ccccc1)n1cn[nH]c1=O. The smallest absolute Gasteiger partial charge is 0.343 e. The van der Waals surface area contributed by atoms with Crippen LogP contribution in [0.2, 0.25) is 0 Å². The predicted molar refractivity (Wildman–Crippen MR) is 64.3 cm³/mol. The molecule has 0 radical (unpaired) electrons. The lowest BCUT2D eigenvalue weighted by Gasteiger charge is -2.11. The molecule has 0 spiro atoms. The zero-order valence-corrected chi connectivity index (χ0v) is 9.61. The van der Waals surface area contributed by atoms with Gasteiger partial charge >= 0.3 is 11.7 Å². The lowest BCUT2D eigenvalue weighted by molar-refractivity contribution is -0.141. The summed E-state index contributed by atoms with van der Waals surface area (Å²) in [5.74, 6) is -1.03. The predicted octanol–water partition coefficient (Wildman–Crippen LogP) is 0.830.